The molecule has 0 unspecified atom stereocenters. The summed E-state index contributed by atoms with van der Waals surface area (Å²) >= 11 is 0.575. The van der Waals surface area contributed by atoms with Gasteiger partial charge < -0.3 is 4.90 Å². The van der Waals surface area contributed by atoms with E-state index in [9.17, 15) is 21.6 Å². The van der Waals surface area contributed by atoms with Gasteiger partial charge in [-0.25, -0.2) is 13.4 Å². The molecule has 1 aromatic heterocycles. The van der Waals surface area contributed by atoms with Gasteiger partial charge in [-0.15, -0.1) is 0 Å². The molecule has 1 aliphatic heterocycles. The van der Waals surface area contributed by atoms with Crippen molar-refractivity contribution in [3.8, 4) is 0 Å². The van der Waals surface area contributed by atoms with Crippen molar-refractivity contribution in [1.29, 1.82) is 0 Å². The summed E-state index contributed by atoms with van der Waals surface area (Å²) in [6.07, 6.45) is -3.60. The molecule has 0 spiro atoms. The zero-order chi connectivity index (χ0) is 18.2. The maximum atomic E-state index is 12.7. The minimum Gasteiger partial charge on any atom is -0.345 e. The van der Waals surface area contributed by atoms with Crippen molar-refractivity contribution in [3.05, 3.63) is 40.9 Å². The molecule has 1 aromatic carbocycles. The van der Waals surface area contributed by atoms with Crippen LogP contribution in [0.1, 0.15) is 10.4 Å². The fraction of sp³-hybridized carbons (Fsp3) is 0.400. The summed E-state index contributed by atoms with van der Waals surface area (Å²) in [5.74, 6) is 0. The normalized spacial score (nSPS) is 17.0. The lowest BCUT2D eigenvalue weighted by atomic mass is 10.2. The Morgan fingerprint density at radius 2 is 1.68 bits per heavy atom. The van der Waals surface area contributed by atoms with E-state index >= 15 is 0 Å². The Labute approximate surface area is 147 Å². The van der Waals surface area contributed by atoms with Gasteiger partial charge in [0.25, 0.3) is 0 Å². The first kappa shape index (κ1) is 18.2. The Kier molecular flexibility index (Phi) is 4.78. The summed E-state index contributed by atoms with van der Waals surface area (Å²) in [7, 11) is -3.59. The highest BCUT2D eigenvalue weighted by molar-refractivity contribution is 7.89. The molecule has 2 aromatic rings. The maximum Gasteiger partial charge on any atom is 0.427 e. The van der Waals surface area contributed by atoms with Crippen LogP contribution < -0.4 is 4.90 Å². The van der Waals surface area contributed by atoms with Crippen LogP contribution in [0.4, 0.5) is 18.3 Å². The number of aromatic nitrogens is 1. The fourth-order valence-electron chi connectivity index (χ4n) is 2.52. The number of hydrogen-bond acceptors (Lipinski definition) is 5. The average Bonchev–Trinajstić information content (AvgIpc) is 3.06. The van der Waals surface area contributed by atoms with Gasteiger partial charge in [0.05, 0.1) is 11.1 Å². The molecule has 0 bridgehead atoms. The van der Waals surface area contributed by atoms with E-state index in [1.54, 1.807) is 29.2 Å². The number of thiazole rings is 1. The van der Waals surface area contributed by atoms with Gasteiger partial charge >= 0.3 is 6.18 Å². The number of sulfonamides is 1. The van der Waals surface area contributed by atoms with Crippen molar-refractivity contribution in [1.82, 2.24) is 9.29 Å². The first-order chi connectivity index (χ1) is 11.7. The topological polar surface area (TPSA) is 53.5 Å². The summed E-state index contributed by atoms with van der Waals surface area (Å²) in [5.41, 5.74) is 0.966. The van der Waals surface area contributed by atoms with Gasteiger partial charge in [-0.05, 0) is 19.1 Å². The highest BCUT2D eigenvalue weighted by Crippen LogP contribution is 2.36. The second kappa shape index (κ2) is 6.58. The van der Waals surface area contributed by atoms with E-state index in [4.69, 9.17) is 0 Å². The zero-order valence-corrected chi connectivity index (χ0v) is 15.0. The minimum absolute atomic E-state index is 0.205. The SMILES string of the molecule is Cc1ccc(S(=O)(=O)N2CCN(c3ncc(C(F)(F)F)s3)CC2)cc1. The molecular weight excluding hydrogens is 375 g/mol. The molecule has 0 amide bonds. The molecule has 5 nitrogen and oxygen atoms in total. The van der Waals surface area contributed by atoms with Gasteiger partial charge in [0.2, 0.25) is 10.0 Å². The van der Waals surface area contributed by atoms with E-state index < -0.39 is 21.1 Å². The molecule has 0 saturated carbocycles. The molecule has 0 N–H and O–H groups in total. The molecule has 136 valence electrons. The van der Waals surface area contributed by atoms with Gasteiger partial charge in [-0.3, -0.25) is 0 Å². The molecule has 1 saturated heterocycles. The van der Waals surface area contributed by atoms with Gasteiger partial charge in [0.1, 0.15) is 4.88 Å². The standard InChI is InChI=1S/C15H16F3N3O2S2/c1-11-2-4-12(5-3-11)25(22,23)21-8-6-20(7-9-21)14-19-10-13(24-14)15(16,17)18/h2-5,10H,6-9H2,1H3. The first-order valence-electron chi connectivity index (χ1n) is 7.53. The molecule has 3 rings (SSSR count). The van der Waals surface area contributed by atoms with Crippen LogP contribution in [-0.4, -0.2) is 43.9 Å². The maximum absolute atomic E-state index is 12.7. The second-order valence-electron chi connectivity index (χ2n) is 5.71. The van der Waals surface area contributed by atoms with E-state index in [1.807, 2.05) is 6.92 Å². The predicted molar refractivity (Wildman–Crippen MR) is 89.3 cm³/mol. The highest BCUT2D eigenvalue weighted by Gasteiger charge is 2.35. The van der Waals surface area contributed by atoms with Crippen molar-refractivity contribution in [2.24, 2.45) is 0 Å². The van der Waals surface area contributed by atoms with Crippen molar-refractivity contribution >= 4 is 26.5 Å². The van der Waals surface area contributed by atoms with Gasteiger partial charge in [0, 0.05) is 26.2 Å². The van der Waals surface area contributed by atoms with Crippen LogP contribution in [0.25, 0.3) is 0 Å². The number of anilines is 1. The van der Waals surface area contributed by atoms with E-state index in [2.05, 4.69) is 4.98 Å². The molecule has 25 heavy (non-hydrogen) atoms. The number of piperazine rings is 1. The Hall–Kier alpha value is -1.65. The molecule has 0 radical (unpaired) electrons. The van der Waals surface area contributed by atoms with Crippen LogP contribution in [0.2, 0.25) is 0 Å². The van der Waals surface area contributed by atoms with Crippen LogP contribution >= 0.6 is 11.3 Å². The largest absolute Gasteiger partial charge is 0.427 e. The van der Waals surface area contributed by atoms with Gasteiger partial charge in [-0.1, -0.05) is 29.0 Å². The smallest absolute Gasteiger partial charge is 0.345 e. The van der Waals surface area contributed by atoms with Crippen molar-refractivity contribution < 1.29 is 21.6 Å². The van der Waals surface area contributed by atoms with Crippen LogP contribution in [0, 0.1) is 6.92 Å². The quantitative estimate of drug-likeness (QED) is 0.807. The van der Waals surface area contributed by atoms with Crippen LogP contribution in [0.3, 0.4) is 0 Å². The second-order valence-corrected chi connectivity index (χ2v) is 8.66. The van der Waals surface area contributed by atoms with Crippen molar-refractivity contribution in [3.63, 3.8) is 0 Å². The summed E-state index contributed by atoms with van der Waals surface area (Å²) in [6, 6.07) is 6.59. The molecular formula is C15H16F3N3O2S2. The van der Waals surface area contributed by atoms with Crippen molar-refractivity contribution in [2.75, 3.05) is 31.1 Å². The van der Waals surface area contributed by atoms with Gasteiger partial charge in [0.15, 0.2) is 5.13 Å². The minimum atomic E-state index is -4.41. The lowest BCUT2D eigenvalue weighted by molar-refractivity contribution is -0.134. The Morgan fingerprint density at radius 3 is 2.20 bits per heavy atom. The molecule has 1 fully saturated rings. The lowest BCUT2D eigenvalue weighted by Crippen LogP contribution is -2.48. The monoisotopic (exact) mass is 391 g/mol. The summed E-state index contributed by atoms with van der Waals surface area (Å²) in [6.45, 7) is 2.89. The van der Waals surface area contributed by atoms with E-state index in [1.165, 1.54) is 4.31 Å². The summed E-state index contributed by atoms with van der Waals surface area (Å²) in [4.78, 5) is 4.97. The summed E-state index contributed by atoms with van der Waals surface area (Å²) < 4.78 is 64.6. The third-order valence-corrected chi connectivity index (χ3v) is 6.96. The third-order valence-electron chi connectivity index (χ3n) is 3.94. The van der Waals surface area contributed by atoms with E-state index in [0.29, 0.717) is 24.4 Å². The third kappa shape index (κ3) is 3.80. The highest BCUT2D eigenvalue weighted by atomic mass is 32.2. The molecule has 10 heteroatoms. The van der Waals surface area contributed by atoms with Crippen LogP contribution in [0.5, 0.6) is 0 Å². The average molecular weight is 391 g/mol. The Bertz CT molecular complexity index is 840. The Balaban J connectivity index is 1.69. The molecule has 2 heterocycles. The fourth-order valence-corrected chi connectivity index (χ4v) is 4.78. The number of nitrogens with zero attached hydrogens (tertiary/aromatic N) is 3. The number of halogens is 3. The number of aryl methyl sites for hydroxylation is 1. The molecule has 1 aliphatic rings. The zero-order valence-electron chi connectivity index (χ0n) is 13.3. The predicted octanol–water partition coefficient (Wildman–Crippen LogP) is 2.98. The number of rotatable bonds is 3. The molecule has 0 atom stereocenters. The summed E-state index contributed by atoms with van der Waals surface area (Å²) in [5, 5.41) is 0.264. The van der Waals surface area contributed by atoms with Crippen LogP contribution in [0.15, 0.2) is 35.4 Å². The number of alkyl halides is 3. The first-order valence-corrected chi connectivity index (χ1v) is 9.78. The number of hydrogen-bond donors (Lipinski definition) is 0. The van der Waals surface area contributed by atoms with Gasteiger partial charge in [-0.2, -0.15) is 17.5 Å². The molecule has 0 aliphatic carbocycles. The van der Waals surface area contributed by atoms with E-state index in [0.717, 1.165) is 11.8 Å². The number of benzene rings is 1. The van der Waals surface area contributed by atoms with E-state index in [-0.39, 0.29) is 23.1 Å². The lowest BCUT2D eigenvalue weighted by Gasteiger charge is -2.33. The van der Waals surface area contributed by atoms with Crippen molar-refractivity contribution in [2.45, 2.75) is 18.0 Å². The van der Waals surface area contributed by atoms with Crippen LogP contribution in [-0.2, 0) is 16.2 Å². The Morgan fingerprint density at radius 1 is 1.08 bits per heavy atom.